The molecule has 0 aromatic carbocycles. The van der Waals surface area contributed by atoms with Crippen LogP contribution in [0.15, 0.2) is 15.7 Å². The summed E-state index contributed by atoms with van der Waals surface area (Å²) in [4.78, 5) is 26.5. The molecule has 1 aromatic rings. The fourth-order valence-corrected chi connectivity index (χ4v) is 4.94. The van der Waals surface area contributed by atoms with Gasteiger partial charge in [-0.15, -0.1) is 0 Å². The van der Waals surface area contributed by atoms with Crippen molar-refractivity contribution >= 4 is 0 Å². The molecular formula is C19H31N3O3. The van der Waals surface area contributed by atoms with Crippen LogP contribution < -0.4 is 11.2 Å². The van der Waals surface area contributed by atoms with E-state index in [1.54, 1.807) is 17.7 Å². The van der Waals surface area contributed by atoms with Crippen molar-refractivity contribution in [2.24, 2.45) is 19.5 Å². The Hall–Kier alpha value is -1.40. The summed E-state index contributed by atoms with van der Waals surface area (Å²) in [6.07, 6.45) is 7.72. The molecule has 25 heavy (non-hydrogen) atoms. The van der Waals surface area contributed by atoms with Gasteiger partial charge < -0.3 is 4.74 Å². The Balaban J connectivity index is 1.81. The fourth-order valence-electron chi connectivity index (χ4n) is 4.94. The minimum atomic E-state index is -0.260. The van der Waals surface area contributed by atoms with Crippen molar-refractivity contribution in [1.82, 2.24) is 14.0 Å². The van der Waals surface area contributed by atoms with Gasteiger partial charge in [-0.05, 0) is 33.2 Å². The zero-order valence-electron chi connectivity index (χ0n) is 16.0. The monoisotopic (exact) mass is 349 g/mol. The first-order valence-corrected chi connectivity index (χ1v) is 9.48. The Bertz CT molecular complexity index is 730. The predicted molar refractivity (Wildman–Crippen MR) is 97.7 cm³/mol. The molecule has 2 aliphatic carbocycles. The molecule has 0 amide bonds. The molecule has 3 rings (SSSR count). The summed E-state index contributed by atoms with van der Waals surface area (Å²) in [5, 5.41) is 0. The Labute approximate surface area is 149 Å². The maximum absolute atomic E-state index is 12.2. The Morgan fingerprint density at radius 3 is 2.52 bits per heavy atom. The molecule has 2 atom stereocenters. The van der Waals surface area contributed by atoms with E-state index >= 15 is 0 Å². The second-order valence-corrected chi connectivity index (χ2v) is 7.78. The first kappa shape index (κ1) is 18.4. The van der Waals surface area contributed by atoms with Gasteiger partial charge in [-0.2, -0.15) is 0 Å². The van der Waals surface area contributed by atoms with Crippen LogP contribution in [0.5, 0.6) is 0 Å². The van der Waals surface area contributed by atoms with Crippen LogP contribution in [0.1, 0.15) is 51.1 Å². The Kier molecular flexibility index (Phi) is 5.21. The van der Waals surface area contributed by atoms with Crippen molar-refractivity contribution < 1.29 is 4.74 Å². The molecule has 0 unspecified atom stereocenters. The minimum absolute atomic E-state index is 0.236. The lowest BCUT2D eigenvalue weighted by Crippen LogP contribution is -2.64. The zero-order valence-corrected chi connectivity index (χ0v) is 16.0. The van der Waals surface area contributed by atoms with Crippen LogP contribution in [-0.4, -0.2) is 39.8 Å². The molecule has 1 heterocycles. The van der Waals surface area contributed by atoms with Gasteiger partial charge in [-0.3, -0.25) is 18.8 Å². The van der Waals surface area contributed by atoms with Crippen LogP contribution >= 0.6 is 0 Å². The van der Waals surface area contributed by atoms with Gasteiger partial charge in [0.2, 0.25) is 0 Å². The average Bonchev–Trinajstić information content (AvgIpc) is 2.61. The third kappa shape index (κ3) is 3.10. The van der Waals surface area contributed by atoms with Crippen molar-refractivity contribution in [3.05, 3.63) is 32.6 Å². The van der Waals surface area contributed by atoms with Crippen LogP contribution in [0.3, 0.4) is 0 Å². The molecule has 0 N–H and O–H groups in total. The van der Waals surface area contributed by atoms with Gasteiger partial charge in [0.1, 0.15) is 0 Å². The van der Waals surface area contributed by atoms with E-state index in [0.717, 1.165) is 23.3 Å². The van der Waals surface area contributed by atoms with E-state index < -0.39 is 0 Å². The van der Waals surface area contributed by atoms with Gasteiger partial charge >= 0.3 is 5.69 Å². The lowest BCUT2D eigenvalue weighted by molar-refractivity contribution is -0.180. The van der Waals surface area contributed by atoms with Gasteiger partial charge in [0.25, 0.3) is 5.56 Å². The van der Waals surface area contributed by atoms with Crippen molar-refractivity contribution in [2.75, 3.05) is 13.7 Å². The van der Waals surface area contributed by atoms with E-state index in [0.29, 0.717) is 18.7 Å². The molecule has 2 aliphatic rings. The Morgan fingerprint density at radius 1 is 1.20 bits per heavy atom. The standard InChI is InChI=1S/C19H31N3O3/c1-5-25-16-12-15(19(16)9-7-6-8-10-19)20(2)13-14-11-17(23)22(4)18(24)21(14)3/h11,15-16H,5-10,12-13H2,1-4H3/t15-,16-/m0/s1. The van der Waals surface area contributed by atoms with Crippen molar-refractivity contribution in [3.63, 3.8) is 0 Å². The van der Waals surface area contributed by atoms with Gasteiger partial charge in [-0.25, -0.2) is 4.79 Å². The van der Waals surface area contributed by atoms with Gasteiger partial charge in [0.05, 0.1) is 6.10 Å². The molecule has 2 saturated carbocycles. The quantitative estimate of drug-likeness (QED) is 0.811. The summed E-state index contributed by atoms with van der Waals surface area (Å²) in [7, 11) is 5.38. The van der Waals surface area contributed by atoms with Crippen molar-refractivity contribution in [1.29, 1.82) is 0 Å². The molecular weight excluding hydrogens is 318 g/mol. The number of nitrogens with zero attached hydrogens (tertiary/aromatic N) is 3. The lowest BCUT2D eigenvalue weighted by Gasteiger charge is -2.60. The van der Waals surface area contributed by atoms with Crippen LogP contribution in [0.25, 0.3) is 0 Å². The van der Waals surface area contributed by atoms with Crippen molar-refractivity contribution in [2.45, 2.75) is 64.1 Å². The van der Waals surface area contributed by atoms with Crippen LogP contribution in [0.4, 0.5) is 0 Å². The molecule has 0 radical (unpaired) electrons. The number of aromatic nitrogens is 2. The molecule has 0 aliphatic heterocycles. The second-order valence-electron chi connectivity index (χ2n) is 7.78. The zero-order chi connectivity index (χ0) is 18.2. The highest BCUT2D eigenvalue weighted by Crippen LogP contribution is 2.55. The summed E-state index contributed by atoms with van der Waals surface area (Å²) in [5.74, 6) is 0. The lowest BCUT2D eigenvalue weighted by atomic mass is 9.54. The molecule has 1 aromatic heterocycles. The third-order valence-electron chi connectivity index (χ3n) is 6.46. The first-order chi connectivity index (χ1) is 11.9. The normalized spacial score (nSPS) is 25.3. The molecule has 2 fully saturated rings. The summed E-state index contributed by atoms with van der Waals surface area (Å²) < 4.78 is 8.79. The van der Waals surface area contributed by atoms with E-state index in [9.17, 15) is 9.59 Å². The summed E-state index contributed by atoms with van der Waals surface area (Å²) in [6, 6.07) is 2.05. The fraction of sp³-hybridized carbons (Fsp3) is 0.789. The van der Waals surface area contributed by atoms with Gasteiger partial charge in [0.15, 0.2) is 0 Å². The number of hydrogen-bond acceptors (Lipinski definition) is 4. The van der Waals surface area contributed by atoms with Crippen LogP contribution in [0.2, 0.25) is 0 Å². The molecule has 6 nitrogen and oxygen atoms in total. The summed E-state index contributed by atoms with van der Waals surface area (Å²) in [6.45, 7) is 3.46. The van der Waals surface area contributed by atoms with E-state index in [2.05, 4.69) is 18.9 Å². The molecule has 0 saturated heterocycles. The van der Waals surface area contributed by atoms with Gasteiger partial charge in [0, 0.05) is 50.5 Å². The minimum Gasteiger partial charge on any atom is -0.378 e. The van der Waals surface area contributed by atoms with E-state index in [-0.39, 0.29) is 16.7 Å². The predicted octanol–water partition coefficient (Wildman–Crippen LogP) is 1.64. The Morgan fingerprint density at radius 2 is 1.88 bits per heavy atom. The topological polar surface area (TPSA) is 56.5 Å². The highest BCUT2D eigenvalue weighted by atomic mass is 16.5. The average molecular weight is 349 g/mol. The molecule has 1 spiro atoms. The highest BCUT2D eigenvalue weighted by Gasteiger charge is 2.56. The summed E-state index contributed by atoms with van der Waals surface area (Å²) in [5.41, 5.74) is 0.534. The molecule has 140 valence electrons. The van der Waals surface area contributed by atoms with Crippen molar-refractivity contribution in [3.8, 4) is 0 Å². The number of rotatable bonds is 5. The van der Waals surface area contributed by atoms with E-state index in [1.165, 1.54) is 39.2 Å². The SMILES string of the molecule is CCO[C@H]1C[C@H](N(C)Cc2cc(=O)n(C)c(=O)n2C)C12CCCCC2. The first-order valence-electron chi connectivity index (χ1n) is 9.48. The number of hydrogen-bond donors (Lipinski definition) is 0. The second kappa shape index (κ2) is 7.08. The maximum Gasteiger partial charge on any atom is 0.330 e. The van der Waals surface area contributed by atoms with E-state index in [4.69, 9.17) is 4.74 Å². The smallest absolute Gasteiger partial charge is 0.330 e. The van der Waals surface area contributed by atoms with Crippen LogP contribution in [-0.2, 0) is 25.4 Å². The summed E-state index contributed by atoms with van der Waals surface area (Å²) >= 11 is 0. The van der Waals surface area contributed by atoms with Gasteiger partial charge in [-0.1, -0.05) is 19.3 Å². The molecule has 0 bridgehead atoms. The largest absolute Gasteiger partial charge is 0.378 e. The van der Waals surface area contributed by atoms with Crippen LogP contribution in [0, 0.1) is 5.41 Å². The molecule has 6 heteroatoms. The highest BCUT2D eigenvalue weighted by molar-refractivity contribution is 5.11. The van der Waals surface area contributed by atoms with E-state index in [1.807, 2.05) is 0 Å². The maximum atomic E-state index is 12.2. The third-order valence-corrected chi connectivity index (χ3v) is 6.46. The number of ether oxygens (including phenoxy) is 1.